The molecule has 0 amide bonds. The average molecular weight is 342 g/mol. The van der Waals surface area contributed by atoms with Crippen LogP contribution < -0.4 is 0 Å². The molecule has 3 aliphatic rings. The summed E-state index contributed by atoms with van der Waals surface area (Å²) in [7, 11) is -3.36. The number of hydrogen-bond acceptors (Lipinski definition) is 3. The molecular weight excluding hydrogens is 329 g/mol. The Hall–Kier alpha value is -0.970. The number of benzene rings is 1. The van der Waals surface area contributed by atoms with Gasteiger partial charge in [-0.25, -0.2) is 8.42 Å². The molecule has 110 valence electrons. The maximum Gasteiger partial charge on any atom is 0.186 e. The van der Waals surface area contributed by atoms with E-state index < -0.39 is 15.1 Å². The maximum atomic E-state index is 12.9. The van der Waals surface area contributed by atoms with E-state index in [2.05, 4.69) is 0 Å². The molecule has 2 aliphatic heterocycles. The lowest BCUT2D eigenvalue weighted by Crippen LogP contribution is -2.20. The van der Waals surface area contributed by atoms with Gasteiger partial charge in [-0.1, -0.05) is 24.3 Å². The van der Waals surface area contributed by atoms with Crippen LogP contribution in [0.1, 0.15) is 22.3 Å². The van der Waals surface area contributed by atoms with E-state index in [0.717, 1.165) is 16.7 Å². The third-order valence-corrected chi connectivity index (χ3v) is 7.49. The molecule has 3 nitrogen and oxygen atoms in total. The molecule has 0 radical (unpaired) electrons. The van der Waals surface area contributed by atoms with Gasteiger partial charge < -0.3 is 0 Å². The summed E-state index contributed by atoms with van der Waals surface area (Å²) in [5.41, 5.74) is 2.87. The van der Waals surface area contributed by atoms with Gasteiger partial charge in [0.1, 0.15) is 0 Å². The Morgan fingerprint density at radius 1 is 1.24 bits per heavy atom. The lowest BCUT2D eigenvalue weighted by Gasteiger charge is -2.24. The Bertz CT molecular complexity index is 785. The number of hydrogen-bond donors (Lipinski definition) is 0. The highest BCUT2D eigenvalue weighted by Gasteiger charge is 2.55. The zero-order valence-electron chi connectivity index (χ0n) is 11.0. The first-order valence-electron chi connectivity index (χ1n) is 6.78. The molecule has 0 saturated heterocycles. The number of rotatable bonds is 1. The van der Waals surface area contributed by atoms with Gasteiger partial charge in [0.25, 0.3) is 0 Å². The monoisotopic (exact) mass is 341 g/mol. The van der Waals surface area contributed by atoms with Crippen molar-refractivity contribution in [2.75, 3.05) is 12.4 Å². The van der Waals surface area contributed by atoms with E-state index in [1.165, 1.54) is 4.42 Å². The minimum absolute atomic E-state index is 0.0340. The molecule has 2 heterocycles. The van der Waals surface area contributed by atoms with Gasteiger partial charge in [-0.15, -0.1) is 11.6 Å². The lowest BCUT2D eigenvalue weighted by atomic mass is 9.86. The topological polar surface area (TPSA) is 37.4 Å². The highest BCUT2D eigenvalue weighted by atomic mass is 35.5. The minimum Gasteiger partial charge on any atom is -0.288 e. The number of alkyl halides is 1. The minimum atomic E-state index is -3.36. The number of sulfone groups is 1. The molecule has 21 heavy (non-hydrogen) atoms. The van der Waals surface area contributed by atoms with Gasteiger partial charge in [0.2, 0.25) is 0 Å². The largest absolute Gasteiger partial charge is 0.288 e. The second kappa shape index (κ2) is 4.51. The summed E-state index contributed by atoms with van der Waals surface area (Å²) in [6.07, 6.45) is 3.23. The summed E-state index contributed by atoms with van der Waals surface area (Å²) in [4.78, 5) is 0.444. The van der Waals surface area contributed by atoms with Gasteiger partial charge >= 0.3 is 0 Å². The van der Waals surface area contributed by atoms with Crippen LogP contribution in [-0.2, 0) is 9.84 Å². The van der Waals surface area contributed by atoms with Crippen LogP contribution in [0, 0.1) is 5.92 Å². The maximum absolute atomic E-state index is 12.9. The number of nitrogens with zero attached hydrogens (tertiary/aromatic N) is 1. The smallest absolute Gasteiger partial charge is 0.186 e. The first-order chi connectivity index (χ1) is 10.1. The van der Waals surface area contributed by atoms with Gasteiger partial charge in [0.05, 0.1) is 16.7 Å². The SMILES string of the molecule is O=S1(=O)C2=C(CN(Cl)C=C2)C2C(CCl)c3ccccc3C21. The molecule has 0 bridgehead atoms. The van der Waals surface area contributed by atoms with E-state index >= 15 is 0 Å². The third kappa shape index (κ3) is 1.70. The van der Waals surface area contributed by atoms with Crippen molar-refractivity contribution in [3.63, 3.8) is 0 Å². The quantitative estimate of drug-likeness (QED) is 0.580. The third-order valence-electron chi connectivity index (χ3n) is 4.70. The molecule has 3 atom stereocenters. The molecule has 1 aromatic carbocycles. The molecule has 6 heteroatoms. The van der Waals surface area contributed by atoms with Crippen molar-refractivity contribution in [1.29, 1.82) is 0 Å². The molecule has 0 fully saturated rings. The van der Waals surface area contributed by atoms with Crippen molar-refractivity contribution in [3.05, 3.63) is 58.1 Å². The molecule has 0 saturated carbocycles. The van der Waals surface area contributed by atoms with Crippen LogP contribution in [0.15, 0.2) is 47.0 Å². The van der Waals surface area contributed by atoms with Crippen LogP contribution in [-0.4, -0.2) is 25.3 Å². The fourth-order valence-corrected chi connectivity index (χ4v) is 6.83. The van der Waals surface area contributed by atoms with Crippen LogP contribution in [0.2, 0.25) is 0 Å². The van der Waals surface area contributed by atoms with E-state index in [-0.39, 0.29) is 11.8 Å². The Balaban J connectivity index is 1.96. The van der Waals surface area contributed by atoms with Crippen molar-refractivity contribution in [1.82, 2.24) is 4.42 Å². The van der Waals surface area contributed by atoms with Crippen molar-refractivity contribution in [2.45, 2.75) is 11.2 Å². The first-order valence-corrected chi connectivity index (χ1v) is 9.20. The number of allylic oxidation sites excluding steroid dienone is 1. The molecule has 0 N–H and O–H groups in total. The normalized spacial score (nSPS) is 32.1. The number of fused-ring (bicyclic) bond motifs is 4. The Morgan fingerprint density at radius 3 is 2.67 bits per heavy atom. The van der Waals surface area contributed by atoms with Gasteiger partial charge in [-0.3, -0.25) is 4.42 Å². The van der Waals surface area contributed by atoms with E-state index in [0.29, 0.717) is 17.3 Å². The van der Waals surface area contributed by atoms with Crippen LogP contribution in [0.5, 0.6) is 0 Å². The summed E-state index contributed by atoms with van der Waals surface area (Å²) in [6.45, 7) is 0.440. The Kier molecular flexibility index (Phi) is 2.94. The first kappa shape index (κ1) is 13.7. The molecule has 0 spiro atoms. The predicted octanol–water partition coefficient (Wildman–Crippen LogP) is 3.35. The van der Waals surface area contributed by atoms with Gasteiger partial charge in [-0.05, 0) is 22.8 Å². The van der Waals surface area contributed by atoms with Gasteiger partial charge in [0, 0.05) is 35.7 Å². The highest BCUT2D eigenvalue weighted by molar-refractivity contribution is 7.96. The van der Waals surface area contributed by atoms with E-state index in [4.69, 9.17) is 23.4 Å². The average Bonchev–Trinajstić information content (AvgIpc) is 2.91. The van der Waals surface area contributed by atoms with Gasteiger partial charge in [-0.2, -0.15) is 0 Å². The standard InChI is InChI=1S/C15H13Cl2NO2S/c16-7-11-9-3-1-2-4-10(9)15-14(11)12-8-18(17)6-5-13(12)21(15,19)20/h1-6,11,14-15H,7-8H2. The van der Waals surface area contributed by atoms with Crippen molar-refractivity contribution in [3.8, 4) is 0 Å². The zero-order chi connectivity index (χ0) is 14.8. The Morgan fingerprint density at radius 2 is 1.95 bits per heavy atom. The molecule has 1 aromatic rings. The van der Waals surface area contributed by atoms with Crippen molar-refractivity contribution < 1.29 is 8.42 Å². The van der Waals surface area contributed by atoms with E-state index in [1.54, 1.807) is 12.3 Å². The fourth-order valence-electron chi connectivity index (χ4n) is 3.90. The summed E-state index contributed by atoms with van der Waals surface area (Å²) in [6, 6.07) is 7.74. The summed E-state index contributed by atoms with van der Waals surface area (Å²) in [5.74, 6) is 0.356. The summed E-state index contributed by atoms with van der Waals surface area (Å²) < 4.78 is 27.4. The lowest BCUT2D eigenvalue weighted by molar-refractivity contribution is 0.498. The Labute approximate surface area is 133 Å². The highest BCUT2D eigenvalue weighted by Crippen LogP contribution is 2.59. The second-order valence-corrected chi connectivity index (χ2v) is 8.42. The molecule has 1 aliphatic carbocycles. The summed E-state index contributed by atoms with van der Waals surface area (Å²) in [5, 5.41) is -0.504. The fraction of sp³-hybridized carbons (Fsp3) is 0.333. The van der Waals surface area contributed by atoms with Crippen LogP contribution in [0.4, 0.5) is 0 Å². The molecule has 3 unspecified atom stereocenters. The predicted molar refractivity (Wildman–Crippen MR) is 83.8 cm³/mol. The second-order valence-electron chi connectivity index (χ2n) is 5.64. The summed E-state index contributed by atoms with van der Waals surface area (Å²) >= 11 is 12.2. The molecule has 0 aromatic heterocycles. The van der Waals surface area contributed by atoms with Crippen molar-refractivity contribution in [2.24, 2.45) is 5.92 Å². The van der Waals surface area contributed by atoms with Crippen LogP contribution in [0.3, 0.4) is 0 Å². The van der Waals surface area contributed by atoms with E-state index in [1.807, 2.05) is 24.3 Å². The van der Waals surface area contributed by atoms with Crippen LogP contribution >= 0.6 is 23.4 Å². The zero-order valence-corrected chi connectivity index (χ0v) is 13.4. The molecule has 4 rings (SSSR count). The van der Waals surface area contributed by atoms with Crippen LogP contribution in [0.25, 0.3) is 0 Å². The van der Waals surface area contributed by atoms with Gasteiger partial charge in [0.15, 0.2) is 9.84 Å². The van der Waals surface area contributed by atoms with Crippen molar-refractivity contribution >= 4 is 33.2 Å². The number of halogens is 2. The molecular formula is C15H13Cl2NO2S. The van der Waals surface area contributed by atoms with E-state index in [9.17, 15) is 8.42 Å².